The van der Waals surface area contributed by atoms with Gasteiger partial charge in [0.15, 0.2) is 0 Å². The van der Waals surface area contributed by atoms with Crippen LogP contribution < -0.4 is 0 Å². The van der Waals surface area contributed by atoms with Gasteiger partial charge in [0.05, 0.1) is 0 Å². The molecule has 0 radical (unpaired) electrons. The van der Waals surface area contributed by atoms with Crippen LogP contribution in [0, 0.1) is 0 Å². The van der Waals surface area contributed by atoms with Crippen LogP contribution >= 0.6 is 0 Å². The van der Waals surface area contributed by atoms with Crippen molar-refractivity contribution in [3.63, 3.8) is 0 Å². The molecule has 0 bridgehead atoms. The summed E-state index contributed by atoms with van der Waals surface area (Å²) < 4.78 is 5.80. The standard InChI is InChI=1S/C20H37N3O3/c1-16(24)21-11-13-22(14-12-21)20(5,6)15-26-18(25)17-9-7-8-10-23(17)19(2,3)4/h17H,7-15H2,1-6H3. The van der Waals surface area contributed by atoms with Gasteiger partial charge in [-0.25, -0.2) is 0 Å². The average Bonchev–Trinajstić information content (AvgIpc) is 2.59. The van der Waals surface area contributed by atoms with Crippen molar-refractivity contribution in [3.8, 4) is 0 Å². The predicted octanol–water partition coefficient (Wildman–Crippen LogP) is 2.13. The molecule has 6 heteroatoms. The zero-order valence-electron chi connectivity index (χ0n) is 17.5. The molecule has 0 aliphatic carbocycles. The fraction of sp³-hybridized carbons (Fsp3) is 0.900. The summed E-state index contributed by atoms with van der Waals surface area (Å²) in [7, 11) is 0. The highest BCUT2D eigenvalue weighted by Crippen LogP contribution is 2.27. The van der Waals surface area contributed by atoms with Gasteiger partial charge in [-0.3, -0.25) is 19.4 Å². The van der Waals surface area contributed by atoms with Crippen molar-refractivity contribution in [2.75, 3.05) is 39.3 Å². The summed E-state index contributed by atoms with van der Waals surface area (Å²) >= 11 is 0. The third kappa shape index (κ3) is 5.19. The Kier molecular flexibility index (Phi) is 6.72. The number of likely N-dealkylation sites (tertiary alicyclic amines) is 1. The highest BCUT2D eigenvalue weighted by Gasteiger charge is 2.38. The fourth-order valence-corrected chi connectivity index (χ4v) is 4.04. The maximum atomic E-state index is 12.8. The Hall–Kier alpha value is -1.14. The second kappa shape index (κ2) is 8.26. The van der Waals surface area contributed by atoms with Crippen LogP contribution in [0.3, 0.4) is 0 Å². The Bertz CT molecular complexity index is 505. The number of nitrogens with zero attached hydrogens (tertiary/aromatic N) is 3. The summed E-state index contributed by atoms with van der Waals surface area (Å²) in [6, 6.07) is -0.130. The maximum absolute atomic E-state index is 12.8. The van der Waals surface area contributed by atoms with E-state index in [0.29, 0.717) is 6.61 Å². The van der Waals surface area contributed by atoms with E-state index < -0.39 is 0 Å². The minimum Gasteiger partial charge on any atom is -0.463 e. The van der Waals surface area contributed by atoms with Crippen LogP contribution in [0.2, 0.25) is 0 Å². The fourth-order valence-electron chi connectivity index (χ4n) is 4.04. The number of carbonyl (C=O) groups is 2. The lowest BCUT2D eigenvalue weighted by atomic mass is 9.94. The number of piperidine rings is 1. The van der Waals surface area contributed by atoms with Crippen molar-refractivity contribution in [1.82, 2.24) is 14.7 Å². The molecule has 2 fully saturated rings. The van der Waals surface area contributed by atoms with E-state index in [9.17, 15) is 9.59 Å². The van der Waals surface area contributed by atoms with Gasteiger partial charge >= 0.3 is 5.97 Å². The van der Waals surface area contributed by atoms with Gasteiger partial charge in [0, 0.05) is 44.2 Å². The summed E-state index contributed by atoms with van der Waals surface area (Å²) in [6.07, 6.45) is 3.11. The predicted molar refractivity (Wildman–Crippen MR) is 103 cm³/mol. The molecule has 2 aliphatic rings. The molecule has 6 nitrogen and oxygen atoms in total. The lowest BCUT2D eigenvalue weighted by Crippen LogP contribution is -2.58. The number of ether oxygens (including phenoxy) is 1. The molecule has 2 aliphatic heterocycles. The number of rotatable bonds is 4. The molecule has 0 aromatic carbocycles. The van der Waals surface area contributed by atoms with Crippen molar-refractivity contribution in [2.45, 2.75) is 77.9 Å². The second-order valence-electron chi connectivity index (χ2n) is 9.29. The molecule has 150 valence electrons. The number of piperazine rings is 1. The molecule has 1 amide bonds. The molecule has 2 heterocycles. The molecule has 2 rings (SSSR count). The molecule has 1 unspecified atom stereocenters. The summed E-state index contributed by atoms with van der Waals surface area (Å²) in [5.41, 5.74) is -0.248. The van der Waals surface area contributed by atoms with Crippen molar-refractivity contribution < 1.29 is 14.3 Å². The SMILES string of the molecule is CC(=O)N1CCN(C(C)(C)COC(=O)C2CCCCN2C(C)(C)C)CC1. The van der Waals surface area contributed by atoms with Crippen LogP contribution in [-0.2, 0) is 14.3 Å². The second-order valence-corrected chi connectivity index (χ2v) is 9.29. The first-order chi connectivity index (χ1) is 12.0. The first-order valence-corrected chi connectivity index (χ1v) is 9.96. The minimum absolute atomic E-state index is 0.0252. The average molecular weight is 368 g/mol. The molecule has 0 aromatic heterocycles. The Labute approximate surface area is 158 Å². The Morgan fingerprint density at radius 1 is 0.962 bits per heavy atom. The van der Waals surface area contributed by atoms with Crippen molar-refractivity contribution >= 4 is 11.9 Å². The zero-order chi connectivity index (χ0) is 19.5. The van der Waals surface area contributed by atoms with E-state index in [2.05, 4.69) is 44.4 Å². The molecular weight excluding hydrogens is 330 g/mol. The normalized spacial score (nSPS) is 23.8. The van der Waals surface area contributed by atoms with Crippen LogP contribution in [0.1, 0.15) is 60.8 Å². The van der Waals surface area contributed by atoms with Crippen LogP contribution in [0.15, 0.2) is 0 Å². The number of hydrogen-bond donors (Lipinski definition) is 0. The van der Waals surface area contributed by atoms with Crippen LogP contribution in [0.5, 0.6) is 0 Å². The Balaban J connectivity index is 1.90. The quantitative estimate of drug-likeness (QED) is 0.713. The third-order valence-electron chi connectivity index (χ3n) is 5.79. The first-order valence-electron chi connectivity index (χ1n) is 9.96. The summed E-state index contributed by atoms with van der Waals surface area (Å²) in [4.78, 5) is 30.8. The number of hydrogen-bond acceptors (Lipinski definition) is 5. The van der Waals surface area contributed by atoms with Gasteiger partial charge < -0.3 is 9.64 Å². The molecule has 0 aromatic rings. The summed E-state index contributed by atoms with van der Waals surface area (Å²) in [6.45, 7) is 16.8. The van der Waals surface area contributed by atoms with E-state index in [1.54, 1.807) is 6.92 Å². The molecule has 0 saturated carbocycles. The van der Waals surface area contributed by atoms with Gasteiger partial charge in [0.2, 0.25) is 5.91 Å². The van der Waals surface area contributed by atoms with E-state index in [-0.39, 0.29) is 29.0 Å². The first kappa shape index (κ1) is 21.2. The smallest absolute Gasteiger partial charge is 0.323 e. The molecule has 1 atom stereocenters. The lowest BCUT2D eigenvalue weighted by molar-refractivity contribution is -0.158. The molecular formula is C20H37N3O3. The molecule has 26 heavy (non-hydrogen) atoms. The van der Waals surface area contributed by atoms with Crippen molar-refractivity contribution in [2.24, 2.45) is 0 Å². The summed E-state index contributed by atoms with van der Waals surface area (Å²) in [5.74, 6) is 0.0449. The molecule has 0 N–H and O–H groups in total. The van der Waals surface area contributed by atoms with Gasteiger partial charge in [-0.05, 0) is 54.0 Å². The minimum atomic E-state index is -0.222. The third-order valence-corrected chi connectivity index (χ3v) is 5.79. The van der Waals surface area contributed by atoms with Gasteiger partial charge in [0.1, 0.15) is 12.6 Å². The topological polar surface area (TPSA) is 53.1 Å². The van der Waals surface area contributed by atoms with Crippen molar-refractivity contribution in [1.29, 1.82) is 0 Å². The monoisotopic (exact) mass is 367 g/mol. The number of esters is 1. The van der Waals surface area contributed by atoms with E-state index in [4.69, 9.17) is 4.74 Å². The number of carbonyl (C=O) groups excluding carboxylic acids is 2. The van der Waals surface area contributed by atoms with Gasteiger partial charge in [-0.15, -0.1) is 0 Å². The Morgan fingerprint density at radius 2 is 1.58 bits per heavy atom. The number of amides is 1. The van der Waals surface area contributed by atoms with Crippen LogP contribution in [0.4, 0.5) is 0 Å². The highest BCUT2D eigenvalue weighted by atomic mass is 16.5. The van der Waals surface area contributed by atoms with E-state index in [1.807, 2.05) is 4.90 Å². The van der Waals surface area contributed by atoms with E-state index >= 15 is 0 Å². The molecule has 2 saturated heterocycles. The lowest BCUT2D eigenvalue weighted by Gasteiger charge is -2.45. The highest BCUT2D eigenvalue weighted by molar-refractivity contribution is 5.76. The van der Waals surface area contributed by atoms with Gasteiger partial charge in [-0.2, -0.15) is 0 Å². The maximum Gasteiger partial charge on any atom is 0.323 e. The van der Waals surface area contributed by atoms with Gasteiger partial charge in [0.25, 0.3) is 0 Å². The largest absolute Gasteiger partial charge is 0.463 e. The van der Waals surface area contributed by atoms with Crippen molar-refractivity contribution in [3.05, 3.63) is 0 Å². The zero-order valence-corrected chi connectivity index (χ0v) is 17.5. The van der Waals surface area contributed by atoms with E-state index in [0.717, 1.165) is 52.0 Å². The molecule has 0 spiro atoms. The van der Waals surface area contributed by atoms with E-state index in [1.165, 1.54) is 0 Å². The van der Waals surface area contributed by atoms with Crippen LogP contribution in [-0.4, -0.2) is 83.0 Å². The van der Waals surface area contributed by atoms with Crippen LogP contribution in [0.25, 0.3) is 0 Å². The van der Waals surface area contributed by atoms with Gasteiger partial charge in [-0.1, -0.05) is 6.42 Å². The summed E-state index contributed by atoms with van der Waals surface area (Å²) in [5, 5.41) is 0. The Morgan fingerprint density at radius 3 is 2.12 bits per heavy atom.